The number of unbranched alkanes of at least 4 members (excludes halogenated alkanes) is 2. The van der Waals surface area contributed by atoms with Crippen molar-refractivity contribution in [3.05, 3.63) is 59.2 Å². The van der Waals surface area contributed by atoms with Crippen LogP contribution < -0.4 is 10.0 Å². The predicted octanol–water partition coefficient (Wildman–Crippen LogP) is 4.10. The number of nitrogens with zero attached hydrogens (tertiary/aromatic N) is 1. The number of aromatic carboxylic acids is 1. The summed E-state index contributed by atoms with van der Waals surface area (Å²) in [5.74, 6) is -2.12. The molecule has 2 rings (SSSR count). The lowest BCUT2D eigenvalue weighted by atomic mass is 9.97. The molecule has 0 saturated carbocycles. The van der Waals surface area contributed by atoms with Crippen LogP contribution in [-0.4, -0.2) is 29.9 Å². The molecule has 0 heterocycles. The Labute approximate surface area is 160 Å². The van der Waals surface area contributed by atoms with Crippen LogP contribution in [0, 0.1) is 0 Å². The van der Waals surface area contributed by atoms with E-state index in [1.165, 1.54) is 24.3 Å². The SMILES string of the molecule is CCCCN(CCCC)c1ccc(C(=O)c2ccccc2C(=O)O)c([O-])c1. The van der Waals surface area contributed by atoms with Gasteiger partial charge in [-0.3, -0.25) is 4.79 Å². The van der Waals surface area contributed by atoms with Crippen molar-refractivity contribution in [3.63, 3.8) is 0 Å². The van der Waals surface area contributed by atoms with Gasteiger partial charge in [0.25, 0.3) is 0 Å². The van der Waals surface area contributed by atoms with Crippen LogP contribution in [-0.2, 0) is 0 Å². The van der Waals surface area contributed by atoms with Crippen molar-refractivity contribution in [3.8, 4) is 5.75 Å². The quantitative estimate of drug-likeness (QED) is 0.639. The summed E-state index contributed by atoms with van der Waals surface area (Å²) in [4.78, 5) is 26.3. The number of ketones is 1. The minimum Gasteiger partial charge on any atom is -0.872 e. The molecule has 0 amide bonds. The minimum atomic E-state index is -1.19. The molecule has 0 aliphatic rings. The Morgan fingerprint density at radius 3 is 2.04 bits per heavy atom. The molecule has 27 heavy (non-hydrogen) atoms. The fourth-order valence-corrected chi connectivity index (χ4v) is 2.98. The average molecular weight is 368 g/mol. The van der Waals surface area contributed by atoms with Crippen molar-refractivity contribution in [2.75, 3.05) is 18.0 Å². The third-order valence-corrected chi connectivity index (χ3v) is 4.54. The largest absolute Gasteiger partial charge is 0.872 e. The first-order valence-corrected chi connectivity index (χ1v) is 9.42. The maximum absolute atomic E-state index is 12.7. The highest BCUT2D eigenvalue weighted by atomic mass is 16.4. The van der Waals surface area contributed by atoms with Crippen LogP contribution in [0.3, 0.4) is 0 Å². The van der Waals surface area contributed by atoms with Crippen LogP contribution in [0.25, 0.3) is 0 Å². The van der Waals surface area contributed by atoms with E-state index in [-0.39, 0.29) is 22.4 Å². The molecule has 2 aromatic rings. The molecular weight excluding hydrogens is 342 g/mol. The van der Waals surface area contributed by atoms with E-state index in [4.69, 9.17) is 0 Å². The highest BCUT2D eigenvalue weighted by Crippen LogP contribution is 2.26. The summed E-state index contributed by atoms with van der Waals surface area (Å²) in [5.41, 5.74) is 0.741. The third-order valence-electron chi connectivity index (χ3n) is 4.54. The molecule has 5 heteroatoms. The molecule has 144 valence electrons. The number of benzene rings is 2. The second-order valence-electron chi connectivity index (χ2n) is 6.55. The van der Waals surface area contributed by atoms with Crippen LogP contribution in [0.1, 0.15) is 65.8 Å². The maximum atomic E-state index is 12.7. The number of hydrogen-bond acceptors (Lipinski definition) is 4. The van der Waals surface area contributed by atoms with Crippen molar-refractivity contribution in [2.45, 2.75) is 39.5 Å². The topological polar surface area (TPSA) is 80.7 Å². The zero-order valence-corrected chi connectivity index (χ0v) is 15.9. The number of hydrogen-bond donors (Lipinski definition) is 1. The van der Waals surface area contributed by atoms with Crippen molar-refractivity contribution >= 4 is 17.4 Å². The van der Waals surface area contributed by atoms with Crippen LogP contribution in [0.5, 0.6) is 5.75 Å². The number of carbonyl (C=O) groups is 2. The Balaban J connectivity index is 2.32. The van der Waals surface area contributed by atoms with E-state index in [0.717, 1.165) is 44.5 Å². The highest BCUT2D eigenvalue weighted by Gasteiger charge is 2.18. The third kappa shape index (κ3) is 5.09. The van der Waals surface area contributed by atoms with E-state index in [0.29, 0.717) is 0 Å². The van der Waals surface area contributed by atoms with Crippen molar-refractivity contribution in [1.82, 2.24) is 0 Å². The summed E-state index contributed by atoms with van der Waals surface area (Å²) in [7, 11) is 0. The van der Waals surface area contributed by atoms with Gasteiger partial charge in [-0.25, -0.2) is 4.79 Å². The molecule has 0 fully saturated rings. The van der Waals surface area contributed by atoms with E-state index in [1.807, 2.05) is 0 Å². The first kappa shape index (κ1) is 20.5. The number of carboxylic acid groups (broad SMARTS) is 1. The van der Waals surface area contributed by atoms with Gasteiger partial charge in [-0.15, -0.1) is 0 Å². The number of carbonyl (C=O) groups excluding carboxylic acids is 1. The molecule has 0 aromatic heterocycles. The first-order valence-electron chi connectivity index (χ1n) is 9.42. The van der Waals surface area contributed by atoms with Gasteiger partial charge in [0.15, 0.2) is 5.78 Å². The Kier molecular flexibility index (Phi) is 7.41. The van der Waals surface area contributed by atoms with Crippen LogP contribution in [0.15, 0.2) is 42.5 Å². The lowest BCUT2D eigenvalue weighted by Crippen LogP contribution is -2.26. The first-order chi connectivity index (χ1) is 13.0. The van der Waals surface area contributed by atoms with E-state index in [2.05, 4.69) is 18.7 Å². The molecule has 1 N–H and O–H groups in total. The van der Waals surface area contributed by atoms with Gasteiger partial charge in [0.05, 0.1) is 5.56 Å². The van der Waals surface area contributed by atoms with Crippen molar-refractivity contribution < 1.29 is 19.8 Å². The molecule has 0 aliphatic heterocycles. The summed E-state index contributed by atoms with van der Waals surface area (Å²) in [5, 5.41) is 21.9. The second kappa shape index (κ2) is 9.76. The van der Waals surface area contributed by atoms with Gasteiger partial charge in [-0.1, -0.05) is 50.6 Å². The lowest BCUT2D eigenvalue weighted by Gasteiger charge is -2.27. The van der Waals surface area contributed by atoms with Gasteiger partial charge in [0.1, 0.15) is 0 Å². The molecule has 2 aromatic carbocycles. The standard InChI is InChI=1S/C22H27NO4/c1-3-5-13-23(14-6-4-2)16-11-12-19(20(24)15-16)21(25)17-9-7-8-10-18(17)22(26)27/h7-12,15,24H,3-6,13-14H2,1-2H3,(H,26,27)/p-1. The molecule has 5 nitrogen and oxygen atoms in total. The summed E-state index contributed by atoms with van der Waals surface area (Å²) >= 11 is 0. The fraction of sp³-hybridized carbons (Fsp3) is 0.364. The molecular formula is C22H26NO4-. The van der Waals surface area contributed by atoms with Gasteiger partial charge < -0.3 is 15.1 Å². The van der Waals surface area contributed by atoms with Gasteiger partial charge >= 0.3 is 5.97 Å². The normalized spacial score (nSPS) is 10.6. The Morgan fingerprint density at radius 1 is 0.926 bits per heavy atom. The molecule has 0 bridgehead atoms. The van der Waals surface area contributed by atoms with E-state index in [1.54, 1.807) is 18.2 Å². The minimum absolute atomic E-state index is 0.00150. The highest BCUT2D eigenvalue weighted by molar-refractivity contribution is 6.15. The summed E-state index contributed by atoms with van der Waals surface area (Å²) < 4.78 is 0. The number of rotatable bonds is 10. The van der Waals surface area contributed by atoms with Crippen molar-refractivity contribution in [2.24, 2.45) is 0 Å². The van der Waals surface area contributed by atoms with Crippen molar-refractivity contribution in [1.29, 1.82) is 0 Å². The molecule has 0 atom stereocenters. The molecule has 0 aliphatic carbocycles. The predicted molar refractivity (Wildman–Crippen MR) is 105 cm³/mol. The fourth-order valence-electron chi connectivity index (χ4n) is 2.98. The smallest absolute Gasteiger partial charge is 0.336 e. The van der Waals surface area contributed by atoms with Crippen LogP contribution in [0.2, 0.25) is 0 Å². The lowest BCUT2D eigenvalue weighted by molar-refractivity contribution is -0.268. The zero-order valence-electron chi connectivity index (χ0n) is 15.9. The second-order valence-corrected chi connectivity index (χ2v) is 6.55. The monoisotopic (exact) mass is 368 g/mol. The van der Waals surface area contributed by atoms with E-state index >= 15 is 0 Å². The number of anilines is 1. The Bertz CT molecular complexity index is 793. The molecule has 0 saturated heterocycles. The molecule has 0 spiro atoms. The molecule has 0 radical (unpaired) electrons. The molecule has 0 unspecified atom stereocenters. The number of carboxylic acids is 1. The summed E-state index contributed by atoms with van der Waals surface area (Å²) in [6, 6.07) is 10.7. The van der Waals surface area contributed by atoms with Gasteiger partial charge in [0, 0.05) is 29.9 Å². The maximum Gasteiger partial charge on any atom is 0.336 e. The Morgan fingerprint density at radius 2 is 1.52 bits per heavy atom. The van der Waals surface area contributed by atoms with Gasteiger partial charge in [-0.05, 0) is 37.1 Å². The van der Waals surface area contributed by atoms with Crippen LogP contribution in [0.4, 0.5) is 5.69 Å². The van der Waals surface area contributed by atoms with Crippen LogP contribution >= 0.6 is 0 Å². The van der Waals surface area contributed by atoms with Gasteiger partial charge in [-0.2, -0.15) is 0 Å². The summed E-state index contributed by atoms with van der Waals surface area (Å²) in [6.07, 6.45) is 4.19. The summed E-state index contributed by atoms with van der Waals surface area (Å²) in [6.45, 7) is 5.98. The Hall–Kier alpha value is -2.82. The van der Waals surface area contributed by atoms with Gasteiger partial charge in [0.2, 0.25) is 0 Å². The zero-order chi connectivity index (χ0) is 19.8. The van der Waals surface area contributed by atoms with E-state index in [9.17, 15) is 19.8 Å². The average Bonchev–Trinajstić information content (AvgIpc) is 2.67. The van der Waals surface area contributed by atoms with E-state index < -0.39 is 11.8 Å².